The third kappa shape index (κ3) is 3.54. The van der Waals surface area contributed by atoms with E-state index in [1.165, 1.54) is 0 Å². The summed E-state index contributed by atoms with van der Waals surface area (Å²) in [5.41, 5.74) is 6.50. The van der Waals surface area contributed by atoms with Crippen molar-refractivity contribution in [3.63, 3.8) is 0 Å². The van der Waals surface area contributed by atoms with Gasteiger partial charge < -0.3 is 20.1 Å². The smallest absolute Gasteiger partial charge is 0.230 e. The first-order chi connectivity index (χ1) is 10.1. The number of nitrogens with two attached hydrogens (primary N) is 1. The second-order valence-corrected chi connectivity index (χ2v) is 5.61. The van der Waals surface area contributed by atoms with E-state index in [1.807, 2.05) is 31.3 Å². The molecule has 116 valence electrons. The molecule has 1 aromatic carbocycles. The van der Waals surface area contributed by atoms with Crippen LogP contribution in [0.2, 0.25) is 0 Å². The van der Waals surface area contributed by atoms with E-state index in [0.717, 1.165) is 11.3 Å². The van der Waals surface area contributed by atoms with Crippen molar-refractivity contribution in [3.05, 3.63) is 29.8 Å². The molecular weight excluding hydrogens is 268 g/mol. The standard InChI is InChI=1S/C16H24N2O3/c1-18(11-13-3-5-14(20-2)6-4-13)15(19)16(12-17)7-9-21-10-8-16/h3-6H,7-12,17H2,1-2H3. The topological polar surface area (TPSA) is 64.8 Å². The predicted octanol–water partition coefficient (Wildman–Crippen LogP) is 1.41. The molecule has 1 aromatic rings. The number of ether oxygens (including phenoxy) is 2. The van der Waals surface area contributed by atoms with E-state index < -0.39 is 5.41 Å². The third-order valence-corrected chi connectivity index (χ3v) is 4.22. The van der Waals surface area contributed by atoms with Gasteiger partial charge in [0.05, 0.1) is 12.5 Å². The van der Waals surface area contributed by atoms with Crippen LogP contribution in [0.3, 0.4) is 0 Å². The summed E-state index contributed by atoms with van der Waals surface area (Å²) >= 11 is 0. The lowest BCUT2D eigenvalue weighted by Gasteiger charge is -2.37. The van der Waals surface area contributed by atoms with Crippen molar-refractivity contribution in [2.24, 2.45) is 11.1 Å². The summed E-state index contributed by atoms with van der Waals surface area (Å²) in [6.45, 7) is 2.17. The Labute approximate surface area is 126 Å². The Morgan fingerprint density at radius 3 is 2.48 bits per heavy atom. The van der Waals surface area contributed by atoms with Crippen molar-refractivity contribution < 1.29 is 14.3 Å². The van der Waals surface area contributed by atoms with Gasteiger partial charge in [-0.2, -0.15) is 0 Å². The van der Waals surface area contributed by atoms with E-state index in [-0.39, 0.29) is 5.91 Å². The first-order valence-corrected chi connectivity index (χ1v) is 7.27. The normalized spacial score (nSPS) is 17.3. The molecule has 1 amide bonds. The van der Waals surface area contributed by atoms with Gasteiger partial charge in [-0.15, -0.1) is 0 Å². The maximum Gasteiger partial charge on any atom is 0.230 e. The van der Waals surface area contributed by atoms with Gasteiger partial charge in [-0.3, -0.25) is 4.79 Å². The van der Waals surface area contributed by atoms with Crippen LogP contribution < -0.4 is 10.5 Å². The Bertz CT molecular complexity index is 467. The largest absolute Gasteiger partial charge is 0.497 e. The number of hydrogen-bond acceptors (Lipinski definition) is 4. The molecule has 2 N–H and O–H groups in total. The quantitative estimate of drug-likeness (QED) is 0.891. The Morgan fingerprint density at radius 1 is 1.33 bits per heavy atom. The molecule has 0 atom stereocenters. The molecule has 2 rings (SSSR count). The Morgan fingerprint density at radius 2 is 1.95 bits per heavy atom. The number of nitrogens with zero attached hydrogens (tertiary/aromatic N) is 1. The summed E-state index contributed by atoms with van der Waals surface area (Å²) < 4.78 is 10.5. The van der Waals surface area contributed by atoms with Crippen LogP contribution in [0.5, 0.6) is 5.75 Å². The monoisotopic (exact) mass is 292 g/mol. The molecule has 0 saturated carbocycles. The molecule has 1 heterocycles. The Balaban J connectivity index is 2.03. The zero-order chi connectivity index (χ0) is 15.3. The van der Waals surface area contributed by atoms with Crippen LogP contribution in [0.4, 0.5) is 0 Å². The number of rotatable bonds is 5. The summed E-state index contributed by atoms with van der Waals surface area (Å²) in [5, 5.41) is 0. The van der Waals surface area contributed by atoms with Gasteiger partial charge in [0.15, 0.2) is 0 Å². The van der Waals surface area contributed by atoms with Gasteiger partial charge in [-0.05, 0) is 30.5 Å². The van der Waals surface area contributed by atoms with Gasteiger partial charge in [0.25, 0.3) is 0 Å². The van der Waals surface area contributed by atoms with Crippen LogP contribution in [-0.2, 0) is 16.1 Å². The molecule has 0 aliphatic carbocycles. The van der Waals surface area contributed by atoms with Crippen LogP contribution in [-0.4, -0.2) is 44.7 Å². The van der Waals surface area contributed by atoms with Crippen molar-refractivity contribution in [2.45, 2.75) is 19.4 Å². The molecule has 5 heteroatoms. The Kier molecular flexibility index (Phi) is 5.20. The number of hydrogen-bond donors (Lipinski definition) is 1. The van der Waals surface area contributed by atoms with Crippen LogP contribution in [0.15, 0.2) is 24.3 Å². The second kappa shape index (κ2) is 6.91. The highest BCUT2D eigenvalue weighted by atomic mass is 16.5. The third-order valence-electron chi connectivity index (χ3n) is 4.22. The maximum atomic E-state index is 12.7. The summed E-state index contributed by atoms with van der Waals surface area (Å²) in [6.07, 6.45) is 1.41. The zero-order valence-electron chi connectivity index (χ0n) is 12.8. The molecule has 1 aliphatic heterocycles. The summed E-state index contributed by atoms with van der Waals surface area (Å²) in [4.78, 5) is 14.5. The minimum atomic E-state index is -0.459. The van der Waals surface area contributed by atoms with E-state index in [2.05, 4.69) is 0 Å². The van der Waals surface area contributed by atoms with Gasteiger partial charge >= 0.3 is 0 Å². The summed E-state index contributed by atoms with van der Waals surface area (Å²) in [7, 11) is 3.47. The van der Waals surface area contributed by atoms with Gasteiger partial charge in [0.1, 0.15) is 5.75 Å². The lowest BCUT2D eigenvalue weighted by atomic mass is 9.79. The molecule has 1 saturated heterocycles. The van der Waals surface area contributed by atoms with E-state index in [9.17, 15) is 4.79 Å². The van der Waals surface area contributed by atoms with Crippen molar-refractivity contribution in [2.75, 3.05) is 33.9 Å². The van der Waals surface area contributed by atoms with Crippen molar-refractivity contribution in [3.8, 4) is 5.75 Å². The van der Waals surface area contributed by atoms with E-state index in [0.29, 0.717) is 39.1 Å². The molecule has 1 aliphatic rings. The van der Waals surface area contributed by atoms with Gasteiger partial charge in [-0.1, -0.05) is 12.1 Å². The lowest BCUT2D eigenvalue weighted by Crippen LogP contribution is -2.49. The Hall–Kier alpha value is -1.59. The first-order valence-electron chi connectivity index (χ1n) is 7.27. The molecule has 0 unspecified atom stereocenters. The van der Waals surface area contributed by atoms with Crippen molar-refractivity contribution in [1.82, 2.24) is 4.90 Å². The number of carbonyl (C=O) groups excluding carboxylic acids is 1. The van der Waals surface area contributed by atoms with Crippen molar-refractivity contribution in [1.29, 1.82) is 0 Å². The second-order valence-electron chi connectivity index (χ2n) is 5.61. The fraction of sp³-hybridized carbons (Fsp3) is 0.562. The minimum Gasteiger partial charge on any atom is -0.497 e. The maximum absolute atomic E-state index is 12.7. The molecule has 1 fully saturated rings. The molecule has 0 aromatic heterocycles. The van der Waals surface area contributed by atoms with E-state index in [4.69, 9.17) is 15.2 Å². The number of carbonyl (C=O) groups is 1. The number of amides is 1. The van der Waals surface area contributed by atoms with Gasteiger partial charge in [0, 0.05) is 33.4 Å². The van der Waals surface area contributed by atoms with Crippen molar-refractivity contribution >= 4 is 5.91 Å². The molecule has 5 nitrogen and oxygen atoms in total. The van der Waals surface area contributed by atoms with Crippen LogP contribution >= 0.6 is 0 Å². The fourth-order valence-corrected chi connectivity index (χ4v) is 2.75. The zero-order valence-corrected chi connectivity index (χ0v) is 12.8. The minimum absolute atomic E-state index is 0.115. The molecule has 0 bridgehead atoms. The molecular formula is C16H24N2O3. The number of methoxy groups -OCH3 is 1. The van der Waals surface area contributed by atoms with Crippen LogP contribution in [0.25, 0.3) is 0 Å². The van der Waals surface area contributed by atoms with E-state index >= 15 is 0 Å². The lowest BCUT2D eigenvalue weighted by molar-refractivity contribution is -0.146. The number of benzene rings is 1. The average Bonchev–Trinajstić information content (AvgIpc) is 2.55. The summed E-state index contributed by atoms with van der Waals surface area (Å²) in [6, 6.07) is 7.75. The SMILES string of the molecule is COc1ccc(CN(C)C(=O)C2(CN)CCOCC2)cc1. The highest BCUT2D eigenvalue weighted by Gasteiger charge is 2.40. The van der Waals surface area contributed by atoms with Gasteiger partial charge in [-0.25, -0.2) is 0 Å². The summed E-state index contributed by atoms with van der Waals surface area (Å²) in [5.74, 6) is 0.930. The predicted molar refractivity (Wildman–Crippen MR) is 81.0 cm³/mol. The first kappa shape index (κ1) is 15.8. The highest BCUT2D eigenvalue weighted by Crippen LogP contribution is 2.31. The molecule has 0 spiro atoms. The van der Waals surface area contributed by atoms with Crippen LogP contribution in [0, 0.1) is 5.41 Å². The van der Waals surface area contributed by atoms with Crippen LogP contribution in [0.1, 0.15) is 18.4 Å². The molecule has 0 radical (unpaired) electrons. The fourth-order valence-electron chi connectivity index (χ4n) is 2.75. The molecule has 21 heavy (non-hydrogen) atoms. The van der Waals surface area contributed by atoms with Gasteiger partial charge in [0.2, 0.25) is 5.91 Å². The average molecular weight is 292 g/mol. The highest BCUT2D eigenvalue weighted by molar-refractivity contribution is 5.83. The van der Waals surface area contributed by atoms with E-state index in [1.54, 1.807) is 12.0 Å².